The van der Waals surface area contributed by atoms with Crippen LogP contribution in [0, 0.1) is 12.8 Å². The van der Waals surface area contributed by atoms with E-state index in [4.69, 9.17) is 0 Å². The predicted molar refractivity (Wildman–Crippen MR) is 104 cm³/mol. The predicted octanol–water partition coefficient (Wildman–Crippen LogP) is 2.65. The molecule has 1 aromatic carbocycles. The van der Waals surface area contributed by atoms with Crippen molar-refractivity contribution in [3.63, 3.8) is 0 Å². The van der Waals surface area contributed by atoms with Crippen molar-refractivity contribution in [2.75, 3.05) is 13.1 Å². The number of rotatable bonds is 3. The molecule has 6 heteroatoms. The van der Waals surface area contributed by atoms with Crippen LogP contribution in [0.15, 0.2) is 53.3 Å². The number of pyridine rings is 1. The standard InChI is InChI=1S/C21H22N4O2/c1-15-6-9-20(26)25(23-15)14-16-10-12-24(13-11-16)21(27)19-8-7-17-4-2-3-5-18(17)22-19/h2-9,16H,10-14H2,1H3. The molecule has 1 fully saturated rings. The van der Waals surface area contributed by atoms with Crippen LogP contribution in [0.25, 0.3) is 10.9 Å². The number of benzene rings is 1. The van der Waals surface area contributed by atoms with Crippen LogP contribution in [0.4, 0.5) is 0 Å². The van der Waals surface area contributed by atoms with Crippen molar-refractivity contribution in [2.24, 2.45) is 5.92 Å². The Balaban J connectivity index is 1.41. The summed E-state index contributed by atoms with van der Waals surface area (Å²) >= 11 is 0. The number of carbonyl (C=O) groups is 1. The molecule has 0 atom stereocenters. The minimum atomic E-state index is -0.0699. The fourth-order valence-corrected chi connectivity index (χ4v) is 3.59. The highest BCUT2D eigenvalue weighted by Crippen LogP contribution is 2.20. The number of piperidine rings is 1. The summed E-state index contributed by atoms with van der Waals surface area (Å²) in [6, 6.07) is 14.8. The Hall–Kier alpha value is -3.02. The van der Waals surface area contributed by atoms with Gasteiger partial charge in [0.25, 0.3) is 11.5 Å². The molecule has 138 valence electrons. The molecule has 2 aromatic heterocycles. The van der Waals surface area contributed by atoms with Gasteiger partial charge in [0.15, 0.2) is 0 Å². The molecule has 3 aromatic rings. The van der Waals surface area contributed by atoms with E-state index in [-0.39, 0.29) is 11.5 Å². The average Bonchev–Trinajstić information content (AvgIpc) is 2.70. The fraction of sp³-hybridized carbons (Fsp3) is 0.333. The second-order valence-electron chi connectivity index (χ2n) is 7.12. The van der Waals surface area contributed by atoms with Gasteiger partial charge in [-0.2, -0.15) is 5.10 Å². The summed E-state index contributed by atoms with van der Waals surface area (Å²) in [5, 5.41) is 5.34. The maximum atomic E-state index is 12.8. The first-order chi connectivity index (χ1) is 13.1. The highest BCUT2D eigenvalue weighted by Gasteiger charge is 2.25. The zero-order chi connectivity index (χ0) is 18.8. The molecule has 0 saturated carbocycles. The number of amides is 1. The summed E-state index contributed by atoms with van der Waals surface area (Å²) < 4.78 is 1.54. The van der Waals surface area contributed by atoms with E-state index < -0.39 is 0 Å². The Morgan fingerprint density at radius 1 is 1.07 bits per heavy atom. The van der Waals surface area contributed by atoms with Crippen molar-refractivity contribution in [3.8, 4) is 0 Å². The average molecular weight is 362 g/mol. The third kappa shape index (κ3) is 3.74. The smallest absolute Gasteiger partial charge is 0.272 e. The van der Waals surface area contributed by atoms with E-state index in [9.17, 15) is 9.59 Å². The van der Waals surface area contributed by atoms with Crippen molar-refractivity contribution in [1.82, 2.24) is 19.7 Å². The summed E-state index contributed by atoms with van der Waals surface area (Å²) in [6.45, 7) is 3.85. The van der Waals surface area contributed by atoms with Gasteiger partial charge in [0.05, 0.1) is 11.2 Å². The van der Waals surface area contributed by atoms with Gasteiger partial charge >= 0.3 is 0 Å². The molecular weight excluding hydrogens is 340 g/mol. The molecule has 1 amide bonds. The lowest BCUT2D eigenvalue weighted by molar-refractivity contribution is 0.0675. The zero-order valence-corrected chi connectivity index (χ0v) is 15.3. The Morgan fingerprint density at radius 2 is 1.85 bits per heavy atom. The van der Waals surface area contributed by atoms with Crippen molar-refractivity contribution >= 4 is 16.8 Å². The first-order valence-corrected chi connectivity index (χ1v) is 9.30. The van der Waals surface area contributed by atoms with E-state index in [1.807, 2.05) is 42.2 Å². The van der Waals surface area contributed by atoms with Crippen LogP contribution >= 0.6 is 0 Å². The molecule has 1 aliphatic heterocycles. The number of para-hydroxylation sites is 1. The number of aryl methyl sites for hydroxylation is 1. The Bertz CT molecular complexity index is 1040. The topological polar surface area (TPSA) is 68.1 Å². The van der Waals surface area contributed by atoms with E-state index in [0.717, 1.165) is 29.4 Å². The molecule has 6 nitrogen and oxygen atoms in total. The molecule has 3 heterocycles. The van der Waals surface area contributed by atoms with Gasteiger partial charge in [0.2, 0.25) is 0 Å². The van der Waals surface area contributed by atoms with Gasteiger partial charge in [-0.15, -0.1) is 0 Å². The van der Waals surface area contributed by atoms with Gasteiger partial charge in [0.1, 0.15) is 5.69 Å². The minimum absolute atomic E-state index is 0.0231. The molecule has 0 radical (unpaired) electrons. The van der Waals surface area contributed by atoms with Gasteiger partial charge in [-0.3, -0.25) is 9.59 Å². The second kappa shape index (κ2) is 7.31. The lowest BCUT2D eigenvalue weighted by Gasteiger charge is -2.31. The van der Waals surface area contributed by atoms with Gasteiger partial charge in [0, 0.05) is 31.1 Å². The summed E-state index contributed by atoms with van der Waals surface area (Å²) in [4.78, 5) is 31.1. The molecule has 1 aliphatic rings. The zero-order valence-electron chi connectivity index (χ0n) is 15.3. The first-order valence-electron chi connectivity index (χ1n) is 9.30. The highest BCUT2D eigenvalue weighted by molar-refractivity contribution is 5.94. The third-order valence-corrected chi connectivity index (χ3v) is 5.15. The summed E-state index contributed by atoms with van der Waals surface area (Å²) in [5.74, 6) is 0.329. The molecule has 4 rings (SSSR count). The number of likely N-dealkylation sites (tertiary alicyclic amines) is 1. The monoisotopic (exact) mass is 362 g/mol. The molecule has 0 unspecified atom stereocenters. The molecule has 0 N–H and O–H groups in total. The second-order valence-corrected chi connectivity index (χ2v) is 7.12. The Labute approximate surface area is 157 Å². The van der Waals surface area contributed by atoms with Crippen LogP contribution < -0.4 is 5.56 Å². The third-order valence-electron chi connectivity index (χ3n) is 5.15. The molecule has 0 bridgehead atoms. The molecular formula is C21H22N4O2. The number of aromatic nitrogens is 3. The maximum Gasteiger partial charge on any atom is 0.272 e. The maximum absolute atomic E-state index is 12.8. The number of hydrogen-bond acceptors (Lipinski definition) is 4. The molecule has 0 spiro atoms. The number of fused-ring (bicyclic) bond motifs is 1. The van der Waals surface area contributed by atoms with Crippen LogP contribution in [0.1, 0.15) is 29.0 Å². The summed E-state index contributed by atoms with van der Waals surface area (Å²) in [6.07, 6.45) is 1.72. The van der Waals surface area contributed by atoms with Gasteiger partial charge in [-0.05, 0) is 43.9 Å². The lowest BCUT2D eigenvalue weighted by atomic mass is 9.96. The number of carbonyl (C=O) groups excluding carboxylic acids is 1. The number of hydrogen-bond donors (Lipinski definition) is 0. The van der Waals surface area contributed by atoms with Crippen LogP contribution in [0.5, 0.6) is 0 Å². The normalized spacial score (nSPS) is 15.2. The van der Waals surface area contributed by atoms with Crippen molar-refractivity contribution in [2.45, 2.75) is 26.3 Å². The van der Waals surface area contributed by atoms with Crippen molar-refractivity contribution in [1.29, 1.82) is 0 Å². The van der Waals surface area contributed by atoms with E-state index in [1.54, 1.807) is 22.9 Å². The van der Waals surface area contributed by atoms with Gasteiger partial charge in [-0.25, -0.2) is 9.67 Å². The molecule has 1 saturated heterocycles. The van der Waals surface area contributed by atoms with Crippen LogP contribution in [-0.4, -0.2) is 38.7 Å². The summed E-state index contributed by atoms with van der Waals surface area (Å²) in [5.41, 5.74) is 2.09. The Kier molecular flexibility index (Phi) is 4.71. The first kappa shape index (κ1) is 17.4. The van der Waals surface area contributed by atoms with E-state index in [0.29, 0.717) is 31.2 Å². The number of nitrogens with zero attached hydrogens (tertiary/aromatic N) is 4. The largest absolute Gasteiger partial charge is 0.337 e. The molecule has 0 aliphatic carbocycles. The van der Waals surface area contributed by atoms with Crippen LogP contribution in [0.3, 0.4) is 0 Å². The lowest BCUT2D eigenvalue weighted by Crippen LogP contribution is -2.40. The highest BCUT2D eigenvalue weighted by atomic mass is 16.2. The fourth-order valence-electron chi connectivity index (χ4n) is 3.59. The minimum Gasteiger partial charge on any atom is -0.337 e. The van der Waals surface area contributed by atoms with E-state index in [2.05, 4.69) is 10.1 Å². The van der Waals surface area contributed by atoms with E-state index in [1.165, 1.54) is 0 Å². The van der Waals surface area contributed by atoms with Crippen molar-refractivity contribution in [3.05, 3.63) is 70.3 Å². The van der Waals surface area contributed by atoms with Crippen molar-refractivity contribution < 1.29 is 4.79 Å². The van der Waals surface area contributed by atoms with Gasteiger partial charge in [-0.1, -0.05) is 24.3 Å². The Morgan fingerprint density at radius 3 is 2.67 bits per heavy atom. The SMILES string of the molecule is Cc1ccc(=O)n(CC2CCN(C(=O)c3ccc4ccccc4n3)CC2)n1. The van der Waals surface area contributed by atoms with Crippen LogP contribution in [-0.2, 0) is 6.54 Å². The molecule has 27 heavy (non-hydrogen) atoms. The van der Waals surface area contributed by atoms with Gasteiger partial charge < -0.3 is 4.90 Å². The van der Waals surface area contributed by atoms with E-state index >= 15 is 0 Å². The summed E-state index contributed by atoms with van der Waals surface area (Å²) in [7, 11) is 0. The van der Waals surface area contributed by atoms with Crippen LogP contribution in [0.2, 0.25) is 0 Å². The quantitative estimate of drug-likeness (QED) is 0.718.